The van der Waals surface area contributed by atoms with Gasteiger partial charge in [-0.1, -0.05) is 12.1 Å². The zero-order valence-electron chi connectivity index (χ0n) is 16.2. The summed E-state index contributed by atoms with van der Waals surface area (Å²) in [6, 6.07) is 9.38. The Balaban J connectivity index is 1.62. The van der Waals surface area contributed by atoms with E-state index in [1.165, 1.54) is 25.0 Å². The third-order valence-electron chi connectivity index (χ3n) is 4.51. The minimum atomic E-state index is -0.593. The Morgan fingerprint density at radius 1 is 1.07 bits per heavy atom. The second-order valence-corrected chi connectivity index (χ2v) is 6.35. The standard InChI is InChI=1S/C19H23N5O4/c1-22(8-10-23-13-20-14-6-4-5-7-16(14)23)9-11-24-17(19(26)28-3)12-15(21-24)18(25)27-2/h4-7,12-13H,8-11H2,1-3H3. The number of methoxy groups -OCH3 is 2. The highest BCUT2D eigenvalue weighted by atomic mass is 16.5. The van der Waals surface area contributed by atoms with Crippen molar-refractivity contribution in [2.75, 3.05) is 34.4 Å². The molecule has 0 amide bonds. The number of imidazole rings is 1. The molecule has 0 saturated heterocycles. The van der Waals surface area contributed by atoms with Crippen molar-refractivity contribution in [2.24, 2.45) is 0 Å². The third kappa shape index (κ3) is 4.20. The summed E-state index contributed by atoms with van der Waals surface area (Å²) in [6.07, 6.45) is 1.84. The normalized spacial score (nSPS) is 11.1. The topological polar surface area (TPSA) is 91.5 Å². The van der Waals surface area contributed by atoms with Crippen LogP contribution in [0.1, 0.15) is 21.0 Å². The molecular formula is C19H23N5O4. The van der Waals surface area contributed by atoms with Crippen molar-refractivity contribution in [2.45, 2.75) is 13.1 Å². The molecule has 2 heterocycles. The average Bonchev–Trinajstić information content (AvgIpc) is 3.34. The number of benzene rings is 1. The first-order chi connectivity index (χ1) is 13.5. The number of fused-ring (bicyclic) bond motifs is 1. The van der Waals surface area contributed by atoms with Gasteiger partial charge in [-0.05, 0) is 19.2 Å². The monoisotopic (exact) mass is 385 g/mol. The Morgan fingerprint density at radius 2 is 1.79 bits per heavy atom. The van der Waals surface area contributed by atoms with Crippen molar-refractivity contribution < 1.29 is 19.1 Å². The Morgan fingerprint density at radius 3 is 2.54 bits per heavy atom. The van der Waals surface area contributed by atoms with Crippen molar-refractivity contribution in [3.63, 3.8) is 0 Å². The van der Waals surface area contributed by atoms with Crippen molar-refractivity contribution in [3.05, 3.63) is 48.0 Å². The van der Waals surface area contributed by atoms with Crippen molar-refractivity contribution in [1.82, 2.24) is 24.2 Å². The van der Waals surface area contributed by atoms with E-state index in [0.717, 1.165) is 24.1 Å². The van der Waals surface area contributed by atoms with E-state index >= 15 is 0 Å². The first-order valence-corrected chi connectivity index (χ1v) is 8.86. The first kappa shape index (κ1) is 19.6. The molecule has 2 aromatic heterocycles. The summed E-state index contributed by atoms with van der Waals surface area (Å²) in [4.78, 5) is 30.2. The fraction of sp³-hybridized carbons (Fsp3) is 0.368. The maximum absolute atomic E-state index is 11.9. The van der Waals surface area contributed by atoms with Crippen LogP contribution >= 0.6 is 0 Å². The fourth-order valence-corrected chi connectivity index (χ4v) is 2.90. The van der Waals surface area contributed by atoms with E-state index in [4.69, 9.17) is 4.74 Å². The molecule has 3 rings (SSSR count). The molecule has 0 fully saturated rings. The number of likely N-dealkylation sites (N-methyl/N-ethyl adjacent to an activating group) is 1. The molecule has 1 aromatic carbocycles. The maximum atomic E-state index is 11.9. The van der Waals surface area contributed by atoms with Crippen LogP contribution in [0.2, 0.25) is 0 Å². The van der Waals surface area contributed by atoms with Gasteiger partial charge in [0.2, 0.25) is 0 Å². The highest BCUT2D eigenvalue weighted by molar-refractivity contribution is 5.93. The molecule has 0 bridgehead atoms. The van der Waals surface area contributed by atoms with Crippen LogP contribution in [0.4, 0.5) is 0 Å². The maximum Gasteiger partial charge on any atom is 0.358 e. The first-order valence-electron chi connectivity index (χ1n) is 8.86. The molecule has 0 N–H and O–H groups in total. The molecule has 0 atom stereocenters. The van der Waals surface area contributed by atoms with Gasteiger partial charge in [0, 0.05) is 25.7 Å². The summed E-state index contributed by atoms with van der Waals surface area (Å²) >= 11 is 0. The van der Waals surface area contributed by atoms with Gasteiger partial charge in [-0.3, -0.25) is 4.68 Å². The van der Waals surface area contributed by atoms with Crippen LogP contribution < -0.4 is 0 Å². The van der Waals surface area contributed by atoms with Crippen molar-refractivity contribution in [1.29, 1.82) is 0 Å². The molecule has 0 saturated carbocycles. The lowest BCUT2D eigenvalue weighted by molar-refractivity contribution is 0.0580. The van der Waals surface area contributed by atoms with Gasteiger partial charge in [-0.25, -0.2) is 14.6 Å². The smallest absolute Gasteiger partial charge is 0.358 e. The lowest BCUT2D eigenvalue weighted by atomic mass is 10.3. The largest absolute Gasteiger partial charge is 0.464 e. The molecule has 0 radical (unpaired) electrons. The lowest BCUT2D eigenvalue weighted by Crippen LogP contribution is -2.28. The van der Waals surface area contributed by atoms with Gasteiger partial charge in [0.15, 0.2) is 5.69 Å². The molecule has 3 aromatic rings. The van der Waals surface area contributed by atoms with Gasteiger partial charge in [0.25, 0.3) is 0 Å². The molecule has 148 valence electrons. The van der Waals surface area contributed by atoms with E-state index in [1.807, 2.05) is 37.6 Å². The molecule has 0 spiro atoms. The predicted molar refractivity (Wildman–Crippen MR) is 102 cm³/mol. The number of rotatable bonds is 8. The minimum absolute atomic E-state index is 0.0791. The molecular weight excluding hydrogens is 362 g/mol. The number of esters is 2. The second-order valence-electron chi connectivity index (χ2n) is 6.35. The van der Waals surface area contributed by atoms with Gasteiger partial charge in [-0.2, -0.15) is 5.10 Å². The van der Waals surface area contributed by atoms with E-state index in [-0.39, 0.29) is 11.4 Å². The zero-order valence-corrected chi connectivity index (χ0v) is 16.2. The number of carbonyl (C=O) groups is 2. The molecule has 0 aliphatic carbocycles. The number of ether oxygens (including phenoxy) is 2. The van der Waals surface area contributed by atoms with Crippen LogP contribution in [0.5, 0.6) is 0 Å². The number of aromatic nitrogens is 4. The molecule has 9 nitrogen and oxygen atoms in total. The zero-order chi connectivity index (χ0) is 20.1. The Hall–Kier alpha value is -3.20. The van der Waals surface area contributed by atoms with E-state index in [9.17, 15) is 9.59 Å². The van der Waals surface area contributed by atoms with Gasteiger partial charge in [-0.15, -0.1) is 0 Å². The lowest BCUT2D eigenvalue weighted by Gasteiger charge is -2.17. The molecule has 0 aliphatic heterocycles. The van der Waals surface area contributed by atoms with Crippen LogP contribution in [0.3, 0.4) is 0 Å². The number of hydrogen-bond acceptors (Lipinski definition) is 7. The average molecular weight is 385 g/mol. The van der Waals surface area contributed by atoms with Gasteiger partial charge < -0.3 is 18.9 Å². The highest BCUT2D eigenvalue weighted by Gasteiger charge is 2.20. The van der Waals surface area contributed by atoms with Gasteiger partial charge in [0.1, 0.15) is 5.69 Å². The minimum Gasteiger partial charge on any atom is -0.464 e. The highest BCUT2D eigenvalue weighted by Crippen LogP contribution is 2.12. The Labute approximate surface area is 162 Å². The molecule has 0 unspecified atom stereocenters. The van der Waals surface area contributed by atoms with Crippen LogP contribution in [-0.4, -0.2) is 70.5 Å². The van der Waals surface area contributed by atoms with Crippen LogP contribution in [0.25, 0.3) is 11.0 Å². The fourth-order valence-electron chi connectivity index (χ4n) is 2.90. The van der Waals surface area contributed by atoms with Crippen LogP contribution in [0, 0.1) is 0 Å². The number of carbonyl (C=O) groups excluding carboxylic acids is 2. The number of nitrogens with zero attached hydrogens (tertiary/aromatic N) is 5. The Kier molecular flexibility index (Phi) is 6.05. The molecule has 28 heavy (non-hydrogen) atoms. The van der Waals surface area contributed by atoms with E-state index in [0.29, 0.717) is 13.1 Å². The number of hydrogen-bond donors (Lipinski definition) is 0. The molecule has 9 heteroatoms. The quantitative estimate of drug-likeness (QED) is 0.542. The molecule has 0 aliphatic rings. The third-order valence-corrected chi connectivity index (χ3v) is 4.51. The van der Waals surface area contributed by atoms with E-state index < -0.39 is 11.9 Å². The number of para-hydroxylation sites is 2. The van der Waals surface area contributed by atoms with Gasteiger partial charge >= 0.3 is 11.9 Å². The summed E-state index contributed by atoms with van der Waals surface area (Å²) in [5.74, 6) is -1.14. The SMILES string of the molecule is COC(=O)c1cc(C(=O)OC)n(CCN(C)CCn2cnc3ccccc32)n1. The summed E-state index contributed by atoms with van der Waals surface area (Å²) < 4.78 is 13.0. The van der Waals surface area contributed by atoms with E-state index in [1.54, 1.807) is 0 Å². The van der Waals surface area contributed by atoms with Crippen LogP contribution in [0.15, 0.2) is 36.7 Å². The summed E-state index contributed by atoms with van der Waals surface area (Å²) in [7, 11) is 4.55. The summed E-state index contributed by atoms with van der Waals surface area (Å²) in [5.41, 5.74) is 2.37. The van der Waals surface area contributed by atoms with Crippen molar-refractivity contribution in [3.8, 4) is 0 Å². The Bertz CT molecular complexity index is 978. The van der Waals surface area contributed by atoms with E-state index in [2.05, 4.69) is 24.3 Å². The summed E-state index contributed by atoms with van der Waals surface area (Å²) in [5, 5.41) is 4.17. The van der Waals surface area contributed by atoms with Crippen LogP contribution in [-0.2, 0) is 22.6 Å². The van der Waals surface area contributed by atoms with Crippen molar-refractivity contribution >= 4 is 23.0 Å². The second kappa shape index (κ2) is 8.66. The predicted octanol–water partition coefficient (Wildman–Crippen LogP) is 1.44. The summed E-state index contributed by atoms with van der Waals surface area (Å²) in [6.45, 7) is 2.65. The van der Waals surface area contributed by atoms with Gasteiger partial charge in [0.05, 0.1) is 38.1 Å².